The molecule has 122 valence electrons. The molecule has 1 aliphatic rings. The lowest BCUT2D eigenvalue weighted by atomic mass is 10.1. The molecule has 2 rings (SSSR count). The van der Waals surface area contributed by atoms with Crippen LogP contribution in [0, 0.1) is 5.82 Å². The second-order valence-electron chi connectivity index (χ2n) is 5.14. The highest BCUT2D eigenvalue weighted by atomic mass is 32.2. The number of hydrogen-bond acceptors (Lipinski definition) is 4. The third-order valence-electron chi connectivity index (χ3n) is 3.74. The first-order valence-electron chi connectivity index (χ1n) is 6.93. The molecule has 1 aromatic rings. The van der Waals surface area contributed by atoms with Crippen LogP contribution in [0.4, 0.5) is 4.39 Å². The van der Waals surface area contributed by atoms with E-state index in [1.165, 1.54) is 23.5 Å². The minimum Gasteiger partial charge on any atom is -0.494 e. The van der Waals surface area contributed by atoms with Gasteiger partial charge < -0.3 is 9.84 Å². The van der Waals surface area contributed by atoms with Crippen molar-refractivity contribution in [2.24, 2.45) is 0 Å². The zero-order chi connectivity index (χ0) is 16.3. The number of benzene rings is 1. The Balaban J connectivity index is 2.25. The number of rotatable bonds is 6. The molecule has 1 aromatic carbocycles. The average Bonchev–Trinajstić information content (AvgIpc) is 2.94. The minimum atomic E-state index is -3.84. The summed E-state index contributed by atoms with van der Waals surface area (Å²) in [6, 6.07) is 3.14. The van der Waals surface area contributed by atoms with Crippen LogP contribution in [-0.2, 0) is 14.8 Å². The van der Waals surface area contributed by atoms with Gasteiger partial charge in [-0.1, -0.05) is 0 Å². The number of halogens is 1. The summed E-state index contributed by atoms with van der Waals surface area (Å²) in [7, 11) is -2.54. The maximum absolute atomic E-state index is 13.7. The molecular weight excluding hydrogens is 313 g/mol. The van der Waals surface area contributed by atoms with Crippen LogP contribution in [0.15, 0.2) is 23.1 Å². The lowest BCUT2D eigenvalue weighted by Gasteiger charge is -2.23. The average molecular weight is 331 g/mol. The van der Waals surface area contributed by atoms with Crippen LogP contribution in [0.25, 0.3) is 0 Å². The maximum atomic E-state index is 13.7. The maximum Gasteiger partial charge on any atom is 0.303 e. The molecule has 22 heavy (non-hydrogen) atoms. The standard InChI is InChI=1S/C14H18FNO5S/c1-21-13-6-5-11(9-12(13)15)22(19,20)16-8-2-3-10(16)4-7-14(17)18/h5-6,9-10H,2-4,7-8H2,1H3,(H,17,18). The van der Waals surface area contributed by atoms with Crippen LogP contribution in [0.5, 0.6) is 5.75 Å². The summed E-state index contributed by atoms with van der Waals surface area (Å²) >= 11 is 0. The molecule has 0 amide bonds. The molecule has 0 bridgehead atoms. The van der Waals surface area contributed by atoms with Crippen molar-refractivity contribution in [2.45, 2.75) is 36.6 Å². The summed E-state index contributed by atoms with van der Waals surface area (Å²) in [5.41, 5.74) is 0. The number of sulfonamides is 1. The van der Waals surface area contributed by atoms with E-state index in [1.807, 2.05) is 0 Å². The second-order valence-corrected chi connectivity index (χ2v) is 7.03. The number of ether oxygens (including phenoxy) is 1. The van der Waals surface area contributed by atoms with Crippen molar-refractivity contribution in [3.8, 4) is 5.75 Å². The first-order valence-corrected chi connectivity index (χ1v) is 8.37. The molecule has 1 unspecified atom stereocenters. The number of methoxy groups -OCH3 is 1. The van der Waals surface area contributed by atoms with Crippen LogP contribution in [0.3, 0.4) is 0 Å². The Labute approximate surface area is 128 Å². The number of carbonyl (C=O) groups is 1. The normalized spacial score (nSPS) is 19.3. The highest BCUT2D eigenvalue weighted by Crippen LogP contribution is 2.30. The summed E-state index contributed by atoms with van der Waals surface area (Å²) in [6.45, 7) is 0.320. The molecule has 1 N–H and O–H groups in total. The fourth-order valence-corrected chi connectivity index (χ4v) is 4.38. The first kappa shape index (κ1) is 16.7. The van der Waals surface area contributed by atoms with Crippen LogP contribution < -0.4 is 4.74 Å². The van der Waals surface area contributed by atoms with Gasteiger partial charge in [0, 0.05) is 19.0 Å². The largest absolute Gasteiger partial charge is 0.494 e. The molecular formula is C14H18FNO5S. The van der Waals surface area contributed by atoms with E-state index in [9.17, 15) is 17.6 Å². The SMILES string of the molecule is COc1ccc(S(=O)(=O)N2CCCC2CCC(=O)O)cc1F. The van der Waals surface area contributed by atoms with Gasteiger partial charge in [-0.2, -0.15) is 4.31 Å². The van der Waals surface area contributed by atoms with Crippen molar-refractivity contribution in [3.63, 3.8) is 0 Å². The van der Waals surface area contributed by atoms with Gasteiger partial charge in [0.25, 0.3) is 0 Å². The van der Waals surface area contributed by atoms with E-state index >= 15 is 0 Å². The van der Waals surface area contributed by atoms with Crippen molar-refractivity contribution in [1.82, 2.24) is 4.31 Å². The van der Waals surface area contributed by atoms with Gasteiger partial charge in [-0.25, -0.2) is 12.8 Å². The van der Waals surface area contributed by atoms with Gasteiger partial charge in [0.1, 0.15) is 0 Å². The first-order chi connectivity index (χ1) is 10.4. The molecule has 1 aliphatic heterocycles. The molecule has 0 spiro atoms. The third kappa shape index (κ3) is 3.38. The molecule has 0 saturated carbocycles. The van der Waals surface area contributed by atoms with E-state index in [0.717, 1.165) is 6.07 Å². The molecule has 1 heterocycles. The van der Waals surface area contributed by atoms with Crippen molar-refractivity contribution in [1.29, 1.82) is 0 Å². The molecule has 1 fully saturated rings. The van der Waals surface area contributed by atoms with E-state index in [1.54, 1.807) is 0 Å². The fourth-order valence-electron chi connectivity index (χ4n) is 2.65. The van der Waals surface area contributed by atoms with E-state index in [0.29, 0.717) is 19.4 Å². The van der Waals surface area contributed by atoms with Gasteiger partial charge in [-0.3, -0.25) is 4.79 Å². The zero-order valence-electron chi connectivity index (χ0n) is 12.2. The fraction of sp³-hybridized carbons (Fsp3) is 0.500. The van der Waals surface area contributed by atoms with Crippen molar-refractivity contribution in [3.05, 3.63) is 24.0 Å². The molecule has 1 saturated heterocycles. The van der Waals surface area contributed by atoms with Crippen molar-refractivity contribution >= 4 is 16.0 Å². The van der Waals surface area contributed by atoms with E-state index in [2.05, 4.69) is 0 Å². The van der Waals surface area contributed by atoms with Gasteiger partial charge in [0.05, 0.1) is 12.0 Å². The quantitative estimate of drug-likeness (QED) is 0.860. The molecule has 0 aromatic heterocycles. The lowest BCUT2D eigenvalue weighted by molar-refractivity contribution is -0.137. The highest BCUT2D eigenvalue weighted by Gasteiger charge is 2.35. The Morgan fingerprint density at radius 1 is 1.50 bits per heavy atom. The van der Waals surface area contributed by atoms with Gasteiger partial charge >= 0.3 is 5.97 Å². The van der Waals surface area contributed by atoms with Gasteiger partial charge in [-0.05, 0) is 37.5 Å². The lowest BCUT2D eigenvalue weighted by Crippen LogP contribution is -2.35. The number of carboxylic acid groups (broad SMARTS) is 1. The Morgan fingerprint density at radius 2 is 2.23 bits per heavy atom. The molecule has 6 nitrogen and oxygen atoms in total. The van der Waals surface area contributed by atoms with E-state index in [4.69, 9.17) is 9.84 Å². The van der Waals surface area contributed by atoms with Gasteiger partial charge in [0.15, 0.2) is 11.6 Å². The Bertz CT molecular complexity index is 661. The minimum absolute atomic E-state index is 0.0252. The number of aliphatic carboxylic acids is 1. The Kier molecular flexibility index (Phi) is 5.02. The summed E-state index contributed by atoms with van der Waals surface area (Å²) < 4.78 is 45.0. The third-order valence-corrected chi connectivity index (χ3v) is 5.69. The Morgan fingerprint density at radius 3 is 2.82 bits per heavy atom. The molecule has 1 atom stereocenters. The molecule has 8 heteroatoms. The highest BCUT2D eigenvalue weighted by molar-refractivity contribution is 7.89. The molecule has 0 aliphatic carbocycles. The predicted molar refractivity (Wildman–Crippen MR) is 76.7 cm³/mol. The summed E-state index contributed by atoms with van der Waals surface area (Å²) in [6.07, 6.45) is 1.45. The number of carboxylic acids is 1. The Hall–Kier alpha value is -1.67. The van der Waals surface area contributed by atoms with E-state index < -0.39 is 21.8 Å². The summed E-state index contributed by atoms with van der Waals surface area (Å²) in [5.74, 6) is -1.73. The van der Waals surface area contributed by atoms with Crippen molar-refractivity contribution < 1.29 is 27.4 Å². The number of hydrogen-bond donors (Lipinski definition) is 1. The van der Waals surface area contributed by atoms with Crippen LogP contribution in [0.1, 0.15) is 25.7 Å². The summed E-state index contributed by atoms with van der Waals surface area (Å²) in [5, 5.41) is 8.74. The van der Waals surface area contributed by atoms with Crippen LogP contribution in [-0.4, -0.2) is 43.5 Å². The van der Waals surface area contributed by atoms with Crippen LogP contribution in [0.2, 0.25) is 0 Å². The van der Waals surface area contributed by atoms with Gasteiger partial charge in [-0.15, -0.1) is 0 Å². The van der Waals surface area contributed by atoms with Crippen LogP contribution >= 0.6 is 0 Å². The second kappa shape index (κ2) is 6.62. The van der Waals surface area contributed by atoms with E-state index in [-0.39, 0.29) is 29.5 Å². The number of nitrogens with zero attached hydrogens (tertiary/aromatic N) is 1. The summed E-state index contributed by atoms with van der Waals surface area (Å²) in [4.78, 5) is 10.5. The van der Waals surface area contributed by atoms with Gasteiger partial charge in [0.2, 0.25) is 10.0 Å². The smallest absolute Gasteiger partial charge is 0.303 e. The zero-order valence-corrected chi connectivity index (χ0v) is 13.0. The topological polar surface area (TPSA) is 83.9 Å². The monoisotopic (exact) mass is 331 g/mol. The molecule has 0 radical (unpaired) electrons. The predicted octanol–water partition coefficient (Wildman–Crippen LogP) is 1.85. The van der Waals surface area contributed by atoms with Crippen molar-refractivity contribution in [2.75, 3.05) is 13.7 Å².